The van der Waals surface area contributed by atoms with Gasteiger partial charge in [-0.3, -0.25) is 0 Å². The van der Waals surface area contributed by atoms with Crippen LogP contribution in [-0.2, 0) is 0 Å². The number of hydrogen-bond acceptors (Lipinski definition) is 3. The highest BCUT2D eigenvalue weighted by Crippen LogP contribution is 2.37. The van der Waals surface area contributed by atoms with Gasteiger partial charge in [0.25, 0.3) is 0 Å². The number of benzene rings is 1. The smallest absolute Gasteiger partial charge is 0.179 e. The first-order valence-electron chi connectivity index (χ1n) is 4.09. The average Bonchev–Trinajstić information content (AvgIpc) is 2.18. The van der Waals surface area contributed by atoms with Crippen molar-refractivity contribution in [3.8, 4) is 11.5 Å². The average molecular weight is 200 g/mol. The van der Waals surface area contributed by atoms with Gasteiger partial charge in [0.15, 0.2) is 11.5 Å². The summed E-state index contributed by atoms with van der Waals surface area (Å²) in [6.07, 6.45) is -0.0639. The molecule has 1 unspecified atom stereocenters. The van der Waals surface area contributed by atoms with Crippen molar-refractivity contribution in [3.05, 3.63) is 23.2 Å². The van der Waals surface area contributed by atoms with Crippen LogP contribution in [0.15, 0.2) is 18.2 Å². The van der Waals surface area contributed by atoms with Crippen molar-refractivity contribution in [2.45, 2.75) is 6.10 Å². The van der Waals surface area contributed by atoms with E-state index >= 15 is 0 Å². The first kappa shape index (κ1) is 8.66. The second-order valence-electron chi connectivity index (χ2n) is 2.85. The van der Waals surface area contributed by atoms with Crippen LogP contribution in [0.3, 0.4) is 0 Å². The van der Waals surface area contributed by atoms with Crippen molar-refractivity contribution < 1.29 is 9.47 Å². The zero-order valence-electron chi connectivity index (χ0n) is 7.00. The van der Waals surface area contributed by atoms with E-state index in [1.54, 1.807) is 6.07 Å². The summed E-state index contributed by atoms with van der Waals surface area (Å²) in [4.78, 5) is 0. The van der Waals surface area contributed by atoms with Gasteiger partial charge in [0.2, 0.25) is 0 Å². The third kappa shape index (κ3) is 1.57. The van der Waals surface area contributed by atoms with Gasteiger partial charge in [-0.1, -0.05) is 17.7 Å². The van der Waals surface area contributed by atoms with Crippen LogP contribution in [0.4, 0.5) is 0 Å². The number of nitrogens with two attached hydrogens (primary N) is 1. The highest BCUT2D eigenvalue weighted by Gasteiger charge is 2.21. The maximum Gasteiger partial charge on any atom is 0.179 e. The second kappa shape index (κ2) is 3.44. The Balaban J connectivity index is 2.31. The molecule has 1 heterocycles. The molecule has 2 rings (SSSR count). The fourth-order valence-corrected chi connectivity index (χ4v) is 1.45. The van der Waals surface area contributed by atoms with Gasteiger partial charge in [-0.15, -0.1) is 0 Å². The monoisotopic (exact) mass is 199 g/mol. The summed E-state index contributed by atoms with van der Waals surface area (Å²) in [5, 5.41) is 0.577. The molecule has 0 fully saturated rings. The predicted molar refractivity (Wildman–Crippen MR) is 50.4 cm³/mol. The minimum Gasteiger partial charge on any atom is -0.484 e. The Morgan fingerprint density at radius 1 is 1.54 bits per heavy atom. The quantitative estimate of drug-likeness (QED) is 0.745. The number of fused-ring (bicyclic) bond motifs is 1. The van der Waals surface area contributed by atoms with Crippen LogP contribution in [0.25, 0.3) is 0 Å². The van der Waals surface area contributed by atoms with Crippen molar-refractivity contribution >= 4 is 11.6 Å². The lowest BCUT2D eigenvalue weighted by molar-refractivity contribution is 0.0970. The summed E-state index contributed by atoms with van der Waals surface area (Å²) in [5.74, 6) is 1.29. The van der Waals surface area contributed by atoms with Gasteiger partial charge >= 0.3 is 0 Å². The first-order valence-corrected chi connectivity index (χ1v) is 4.47. The normalized spacial score (nSPS) is 20.0. The number of hydrogen-bond donors (Lipinski definition) is 1. The fourth-order valence-electron chi connectivity index (χ4n) is 1.23. The van der Waals surface area contributed by atoms with E-state index in [1.165, 1.54) is 0 Å². The molecule has 0 saturated carbocycles. The van der Waals surface area contributed by atoms with Crippen LogP contribution in [-0.4, -0.2) is 19.3 Å². The predicted octanol–water partition coefficient (Wildman–Crippen LogP) is 1.44. The summed E-state index contributed by atoms with van der Waals surface area (Å²) in [6.45, 7) is 0.916. The molecule has 4 heteroatoms. The van der Waals surface area contributed by atoms with E-state index in [-0.39, 0.29) is 6.10 Å². The lowest BCUT2D eigenvalue weighted by Crippen LogP contribution is -2.35. The Hall–Kier alpha value is -0.930. The Bertz CT molecular complexity index is 316. The van der Waals surface area contributed by atoms with Crippen LogP contribution >= 0.6 is 11.6 Å². The Labute approximate surface area is 81.4 Å². The highest BCUT2D eigenvalue weighted by molar-refractivity contribution is 6.32. The Kier molecular flexibility index (Phi) is 2.29. The summed E-state index contributed by atoms with van der Waals surface area (Å²) in [6, 6.07) is 5.42. The van der Waals surface area contributed by atoms with E-state index in [4.69, 9.17) is 26.8 Å². The molecule has 1 aromatic carbocycles. The SMILES string of the molecule is NCC1COc2c(Cl)cccc2O1. The van der Waals surface area contributed by atoms with Gasteiger partial charge < -0.3 is 15.2 Å². The lowest BCUT2D eigenvalue weighted by atomic mass is 10.2. The Morgan fingerprint density at radius 2 is 2.38 bits per heavy atom. The molecule has 0 aliphatic carbocycles. The summed E-state index contributed by atoms with van der Waals surface area (Å²) in [7, 11) is 0. The van der Waals surface area contributed by atoms with Crippen LogP contribution in [0.2, 0.25) is 5.02 Å². The third-order valence-corrected chi connectivity index (χ3v) is 2.20. The van der Waals surface area contributed by atoms with Crippen molar-refractivity contribution in [2.75, 3.05) is 13.2 Å². The number of para-hydroxylation sites is 1. The molecule has 0 bridgehead atoms. The van der Waals surface area contributed by atoms with Gasteiger partial charge in [-0.2, -0.15) is 0 Å². The standard InChI is InChI=1S/C9H10ClNO2/c10-7-2-1-3-8-9(7)12-5-6(4-11)13-8/h1-3,6H,4-5,11H2. The van der Waals surface area contributed by atoms with Crippen molar-refractivity contribution in [1.29, 1.82) is 0 Å². The zero-order valence-corrected chi connectivity index (χ0v) is 7.75. The van der Waals surface area contributed by atoms with Gasteiger partial charge in [0.1, 0.15) is 12.7 Å². The van der Waals surface area contributed by atoms with Crippen molar-refractivity contribution in [2.24, 2.45) is 5.73 Å². The molecule has 1 aromatic rings. The maximum absolute atomic E-state index is 5.90. The van der Waals surface area contributed by atoms with Crippen molar-refractivity contribution in [1.82, 2.24) is 0 Å². The third-order valence-electron chi connectivity index (χ3n) is 1.90. The molecule has 3 nitrogen and oxygen atoms in total. The molecule has 1 atom stereocenters. The van der Waals surface area contributed by atoms with Gasteiger partial charge in [-0.25, -0.2) is 0 Å². The summed E-state index contributed by atoms with van der Waals surface area (Å²) < 4.78 is 10.9. The number of halogens is 1. The molecular formula is C9H10ClNO2. The topological polar surface area (TPSA) is 44.5 Å². The van der Waals surface area contributed by atoms with Crippen molar-refractivity contribution in [3.63, 3.8) is 0 Å². The molecule has 0 spiro atoms. The van der Waals surface area contributed by atoms with Crippen LogP contribution in [0, 0.1) is 0 Å². The van der Waals surface area contributed by atoms with E-state index in [2.05, 4.69) is 0 Å². The summed E-state index contributed by atoms with van der Waals surface area (Å²) in [5.41, 5.74) is 5.46. The molecule has 1 aliphatic heterocycles. The molecule has 1 aliphatic rings. The minimum atomic E-state index is -0.0639. The van der Waals surface area contributed by atoms with E-state index in [9.17, 15) is 0 Å². The highest BCUT2D eigenvalue weighted by atomic mass is 35.5. The molecule has 13 heavy (non-hydrogen) atoms. The minimum absolute atomic E-state index is 0.0639. The van der Waals surface area contributed by atoms with E-state index < -0.39 is 0 Å². The largest absolute Gasteiger partial charge is 0.484 e. The maximum atomic E-state index is 5.90. The molecule has 70 valence electrons. The summed E-state index contributed by atoms with van der Waals surface area (Å²) >= 11 is 5.90. The van der Waals surface area contributed by atoms with E-state index in [1.807, 2.05) is 12.1 Å². The van der Waals surface area contributed by atoms with E-state index in [0.717, 1.165) is 0 Å². The van der Waals surface area contributed by atoms with Crippen LogP contribution < -0.4 is 15.2 Å². The first-order chi connectivity index (χ1) is 6.31. The molecule has 0 radical (unpaired) electrons. The molecule has 2 N–H and O–H groups in total. The van der Waals surface area contributed by atoms with Gasteiger partial charge in [0.05, 0.1) is 5.02 Å². The molecule has 0 aromatic heterocycles. The molecule has 0 saturated heterocycles. The van der Waals surface area contributed by atoms with Gasteiger partial charge in [-0.05, 0) is 12.1 Å². The second-order valence-corrected chi connectivity index (χ2v) is 3.26. The van der Waals surface area contributed by atoms with Crippen LogP contribution in [0.5, 0.6) is 11.5 Å². The fraction of sp³-hybridized carbons (Fsp3) is 0.333. The Morgan fingerprint density at radius 3 is 3.15 bits per heavy atom. The number of ether oxygens (including phenoxy) is 2. The molecule has 0 amide bonds. The van der Waals surface area contributed by atoms with E-state index in [0.29, 0.717) is 29.7 Å². The van der Waals surface area contributed by atoms with Crippen LogP contribution in [0.1, 0.15) is 0 Å². The molecular weight excluding hydrogens is 190 g/mol. The van der Waals surface area contributed by atoms with Gasteiger partial charge in [0, 0.05) is 6.54 Å². The zero-order chi connectivity index (χ0) is 9.26. The lowest BCUT2D eigenvalue weighted by Gasteiger charge is -2.25. The number of rotatable bonds is 1.